The Hall–Kier alpha value is -1.13. The molecule has 0 aliphatic rings. The van der Waals surface area contributed by atoms with Crippen molar-refractivity contribution in [1.29, 1.82) is 0 Å². The van der Waals surface area contributed by atoms with E-state index >= 15 is 0 Å². The van der Waals surface area contributed by atoms with E-state index in [4.69, 9.17) is 5.73 Å². The number of rotatable bonds is 3. The zero-order valence-corrected chi connectivity index (χ0v) is 9.09. The lowest BCUT2D eigenvalue weighted by atomic mass is 10.1. The number of hydrogen-bond donors (Lipinski definition) is 1. The first-order chi connectivity index (χ1) is 6.63. The van der Waals surface area contributed by atoms with Crippen LogP contribution in [-0.2, 0) is 16.0 Å². The Balaban J connectivity index is 0.00000196. The molecular formula is C10H13ClFNO2. The summed E-state index contributed by atoms with van der Waals surface area (Å²) in [5.41, 5.74) is 6.34. The van der Waals surface area contributed by atoms with Crippen molar-refractivity contribution < 1.29 is 13.9 Å². The molecule has 5 heteroatoms. The zero-order valence-electron chi connectivity index (χ0n) is 8.27. The fourth-order valence-corrected chi connectivity index (χ4v) is 1.11. The number of hydrogen-bond acceptors (Lipinski definition) is 3. The van der Waals surface area contributed by atoms with Gasteiger partial charge in [0.25, 0.3) is 0 Å². The van der Waals surface area contributed by atoms with Gasteiger partial charge in [0.2, 0.25) is 0 Å². The Kier molecular flexibility index (Phi) is 5.89. The molecule has 1 rings (SSSR count). The molecule has 0 amide bonds. The highest BCUT2D eigenvalue weighted by molar-refractivity contribution is 5.85. The largest absolute Gasteiger partial charge is 0.468 e. The molecule has 1 aromatic carbocycles. The molecule has 0 aliphatic heterocycles. The third-order valence-electron chi connectivity index (χ3n) is 1.87. The first-order valence-corrected chi connectivity index (χ1v) is 4.21. The molecule has 0 saturated carbocycles. The third kappa shape index (κ3) is 4.27. The number of benzene rings is 1. The van der Waals surface area contributed by atoms with Gasteiger partial charge in [-0.1, -0.05) is 12.1 Å². The molecule has 2 N–H and O–H groups in total. The van der Waals surface area contributed by atoms with Crippen LogP contribution >= 0.6 is 12.4 Å². The van der Waals surface area contributed by atoms with Gasteiger partial charge >= 0.3 is 5.97 Å². The van der Waals surface area contributed by atoms with Crippen LogP contribution in [0.3, 0.4) is 0 Å². The number of nitrogens with two attached hydrogens (primary N) is 1. The van der Waals surface area contributed by atoms with E-state index < -0.39 is 12.0 Å². The average molecular weight is 234 g/mol. The molecule has 0 bridgehead atoms. The SMILES string of the molecule is COC(=O)[C@H](N)Cc1ccc(F)cc1.Cl. The molecule has 1 atom stereocenters. The maximum Gasteiger partial charge on any atom is 0.322 e. The first kappa shape index (κ1) is 13.9. The summed E-state index contributed by atoms with van der Waals surface area (Å²) in [6, 6.07) is 5.17. The normalized spacial score (nSPS) is 11.4. The van der Waals surface area contributed by atoms with Crippen molar-refractivity contribution in [3.63, 3.8) is 0 Å². The van der Waals surface area contributed by atoms with Crippen molar-refractivity contribution in [2.45, 2.75) is 12.5 Å². The fraction of sp³-hybridized carbons (Fsp3) is 0.300. The van der Waals surface area contributed by atoms with Gasteiger partial charge in [-0.05, 0) is 24.1 Å². The Bertz CT molecular complexity index is 316. The van der Waals surface area contributed by atoms with Gasteiger partial charge in [-0.25, -0.2) is 4.39 Å². The molecular weight excluding hydrogens is 221 g/mol. The molecule has 0 saturated heterocycles. The number of esters is 1. The summed E-state index contributed by atoms with van der Waals surface area (Å²) in [5, 5.41) is 0. The summed E-state index contributed by atoms with van der Waals surface area (Å²) in [7, 11) is 1.28. The van der Waals surface area contributed by atoms with Crippen molar-refractivity contribution >= 4 is 18.4 Å². The lowest BCUT2D eigenvalue weighted by molar-refractivity contribution is -0.142. The summed E-state index contributed by atoms with van der Waals surface area (Å²) >= 11 is 0. The minimum Gasteiger partial charge on any atom is -0.468 e. The second-order valence-electron chi connectivity index (χ2n) is 2.96. The van der Waals surface area contributed by atoms with Crippen LogP contribution in [0.2, 0.25) is 0 Å². The highest BCUT2D eigenvalue weighted by atomic mass is 35.5. The van der Waals surface area contributed by atoms with Gasteiger partial charge in [-0.15, -0.1) is 12.4 Å². The summed E-state index contributed by atoms with van der Waals surface area (Å²) < 4.78 is 17.0. The van der Waals surface area contributed by atoms with Crippen LogP contribution in [-0.4, -0.2) is 19.1 Å². The van der Waals surface area contributed by atoms with Crippen LogP contribution in [0.5, 0.6) is 0 Å². The molecule has 3 nitrogen and oxygen atoms in total. The summed E-state index contributed by atoms with van der Waals surface area (Å²) in [6.07, 6.45) is 0.354. The van der Waals surface area contributed by atoms with Crippen molar-refractivity contribution in [3.05, 3.63) is 35.6 Å². The van der Waals surface area contributed by atoms with E-state index in [0.717, 1.165) is 5.56 Å². The van der Waals surface area contributed by atoms with E-state index in [1.807, 2.05) is 0 Å². The van der Waals surface area contributed by atoms with Crippen LogP contribution in [0, 0.1) is 5.82 Å². The molecule has 0 heterocycles. The smallest absolute Gasteiger partial charge is 0.322 e. The molecule has 0 aromatic heterocycles. The maximum absolute atomic E-state index is 12.5. The minimum atomic E-state index is -0.689. The number of methoxy groups -OCH3 is 1. The monoisotopic (exact) mass is 233 g/mol. The Labute approximate surface area is 93.8 Å². The van der Waals surface area contributed by atoms with Gasteiger partial charge in [0.15, 0.2) is 0 Å². The third-order valence-corrected chi connectivity index (χ3v) is 1.87. The number of ether oxygens (including phenoxy) is 1. The lowest BCUT2D eigenvalue weighted by Gasteiger charge is -2.08. The fourth-order valence-electron chi connectivity index (χ4n) is 1.11. The average Bonchev–Trinajstić information content (AvgIpc) is 2.20. The first-order valence-electron chi connectivity index (χ1n) is 4.21. The van der Waals surface area contributed by atoms with Crippen LogP contribution in [0.15, 0.2) is 24.3 Å². The second-order valence-corrected chi connectivity index (χ2v) is 2.96. The van der Waals surface area contributed by atoms with Gasteiger partial charge in [-0.2, -0.15) is 0 Å². The van der Waals surface area contributed by atoms with Crippen LogP contribution < -0.4 is 5.73 Å². The topological polar surface area (TPSA) is 52.3 Å². The van der Waals surface area contributed by atoms with Crippen LogP contribution in [0.25, 0.3) is 0 Å². The Morgan fingerprint density at radius 3 is 2.47 bits per heavy atom. The van der Waals surface area contributed by atoms with Crippen molar-refractivity contribution in [2.24, 2.45) is 5.73 Å². The van der Waals surface area contributed by atoms with Gasteiger partial charge in [0.1, 0.15) is 11.9 Å². The summed E-state index contributed by atoms with van der Waals surface area (Å²) in [6.45, 7) is 0. The maximum atomic E-state index is 12.5. The Morgan fingerprint density at radius 2 is 2.00 bits per heavy atom. The van der Waals surface area contributed by atoms with Gasteiger partial charge in [0, 0.05) is 0 Å². The predicted molar refractivity (Wildman–Crippen MR) is 57.3 cm³/mol. The molecule has 0 fully saturated rings. The summed E-state index contributed by atoms with van der Waals surface area (Å²) in [5.74, 6) is -0.769. The highest BCUT2D eigenvalue weighted by Gasteiger charge is 2.13. The number of carbonyl (C=O) groups excluding carboxylic acids is 1. The van der Waals surface area contributed by atoms with Crippen LogP contribution in [0.4, 0.5) is 4.39 Å². The van der Waals surface area contributed by atoms with E-state index in [1.54, 1.807) is 12.1 Å². The van der Waals surface area contributed by atoms with E-state index in [2.05, 4.69) is 4.74 Å². The zero-order chi connectivity index (χ0) is 10.6. The molecule has 0 aliphatic carbocycles. The minimum absolute atomic E-state index is 0. The van der Waals surface area contributed by atoms with E-state index in [0.29, 0.717) is 6.42 Å². The highest BCUT2D eigenvalue weighted by Crippen LogP contribution is 2.05. The lowest BCUT2D eigenvalue weighted by Crippen LogP contribution is -2.33. The van der Waals surface area contributed by atoms with E-state index in [1.165, 1.54) is 19.2 Å². The van der Waals surface area contributed by atoms with Crippen molar-refractivity contribution in [1.82, 2.24) is 0 Å². The number of carbonyl (C=O) groups is 1. The molecule has 0 spiro atoms. The van der Waals surface area contributed by atoms with Crippen molar-refractivity contribution in [3.8, 4) is 0 Å². The van der Waals surface area contributed by atoms with Gasteiger partial charge in [-0.3, -0.25) is 4.79 Å². The number of halogens is 2. The molecule has 0 radical (unpaired) electrons. The molecule has 1 aromatic rings. The van der Waals surface area contributed by atoms with E-state index in [9.17, 15) is 9.18 Å². The molecule has 0 unspecified atom stereocenters. The molecule has 84 valence electrons. The Morgan fingerprint density at radius 1 is 1.47 bits per heavy atom. The van der Waals surface area contributed by atoms with Gasteiger partial charge in [0.05, 0.1) is 7.11 Å². The quantitative estimate of drug-likeness (QED) is 0.801. The summed E-state index contributed by atoms with van der Waals surface area (Å²) in [4.78, 5) is 11.0. The standard InChI is InChI=1S/C10H12FNO2.ClH/c1-14-10(13)9(12)6-7-2-4-8(11)5-3-7;/h2-5,9H,6,12H2,1H3;1H/t9-;/m1./s1. The predicted octanol–water partition coefficient (Wildman–Crippen LogP) is 1.29. The molecule has 15 heavy (non-hydrogen) atoms. The van der Waals surface area contributed by atoms with E-state index in [-0.39, 0.29) is 18.2 Å². The second kappa shape index (κ2) is 6.37. The van der Waals surface area contributed by atoms with Gasteiger partial charge < -0.3 is 10.5 Å². The van der Waals surface area contributed by atoms with Crippen LogP contribution in [0.1, 0.15) is 5.56 Å². The van der Waals surface area contributed by atoms with Crippen molar-refractivity contribution in [2.75, 3.05) is 7.11 Å².